The molecule has 1 fully saturated rings. The molecule has 0 aromatic carbocycles. The summed E-state index contributed by atoms with van der Waals surface area (Å²) in [5.41, 5.74) is 0.478. The van der Waals surface area contributed by atoms with Gasteiger partial charge in [0, 0.05) is 6.54 Å². The number of esters is 1. The van der Waals surface area contributed by atoms with Crippen LogP contribution in [0.25, 0.3) is 0 Å². The van der Waals surface area contributed by atoms with E-state index >= 15 is 0 Å². The predicted molar refractivity (Wildman–Crippen MR) is 64.0 cm³/mol. The summed E-state index contributed by atoms with van der Waals surface area (Å²) in [6, 6.07) is 1.15. The lowest BCUT2D eigenvalue weighted by Crippen LogP contribution is -2.48. The highest BCUT2D eigenvalue weighted by Gasteiger charge is 2.33. The molecule has 98 valence electrons. The summed E-state index contributed by atoms with van der Waals surface area (Å²) in [6.45, 7) is 2.69. The summed E-state index contributed by atoms with van der Waals surface area (Å²) < 4.78 is 9.93. The minimum atomic E-state index is -0.457. The zero-order valence-corrected chi connectivity index (χ0v) is 10.4. The molecule has 1 aromatic heterocycles. The topological polar surface area (TPSA) is 59.8 Å². The summed E-state index contributed by atoms with van der Waals surface area (Å²) in [5, 5.41) is 0. The minimum absolute atomic E-state index is 0.165. The van der Waals surface area contributed by atoms with Gasteiger partial charge in [-0.1, -0.05) is 0 Å². The standard InChI is InChI=1S/C13H17NO4/c1-2-18-13(16)11-5-3-4-7-14(11)12(15)10-6-8-17-9-10/h6,8-9,11H,2-5,7H2,1H3. The molecule has 1 unspecified atom stereocenters. The zero-order valence-electron chi connectivity index (χ0n) is 10.4. The van der Waals surface area contributed by atoms with E-state index in [4.69, 9.17) is 9.15 Å². The number of furan rings is 1. The van der Waals surface area contributed by atoms with Crippen LogP contribution in [0.5, 0.6) is 0 Å². The molecule has 0 saturated carbocycles. The summed E-state index contributed by atoms with van der Waals surface area (Å²) in [4.78, 5) is 25.7. The van der Waals surface area contributed by atoms with E-state index in [-0.39, 0.29) is 11.9 Å². The van der Waals surface area contributed by atoms with E-state index in [0.29, 0.717) is 25.1 Å². The first kappa shape index (κ1) is 12.7. The van der Waals surface area contributed by atoms with Gasteiger partial charge in [-0.25, -0.2) is 4.79 Å². The Bertz CT molecular complexity index is 413. The third-order valence-corrected chi connectivity index (χ3v) is 3.09. The molecule has 1 aliphatic rings. The van der Waals surface area contributed by atoms with Crippen molar-refractivity contribution in [1.82, 2.24) is 4.90 Å². The van der Waals surface area contributed by atoms with E-state index in [1.165, 1.54) is 12.5 Å². The average molecular weight is 251 g/mol. The van der Waals surface area contributed by atoms with Crippen LogP contribution in [-0.4, -0.2) is 36.0 Å². The van der Waals surface area contributed by atoms with Gasteiger partial charge in [-0.05, 0) is 32.3 Å². The third-order valence-electron chi connectivity index (χ3n) is 3.09. The van der Waals surface area contributed by atoms with Gasteiger partial charge in [-0.3, -0.25) is 4.79 Å². The molecule has 5 heteroatoms. The highest BCUT2D eigenvalue weighted by atomic mass is 16.5. The monoisotopic (exact) mass is 251 g/mol. The van der Waals surface area contributed by atoms with E-state index in [0.717, 1.165) is 12.8 Å². The molecule has 0 bridgehead atoms. The maximum atomic E-state index is 12.2. The Hall–Kier alpha value is -1.78. The van der Waals surface area contributed by atoms with Crippen LogP contribution in [-0.2, 0) is 9.53 Å². The number of hydrogen-bond acceptors (Lipinski definition) is 4. The van der Waals surface area contributed by atoms with Crippen molar-refractivity contribution in [1.29, 1.82) is 0 Å². The first-order valence-corrected chi connectivity index (χ1v) is 6.24. The van der Waals surface area contributed by atoms with Gasteiger partial charge in [0.05, 0.1) is 18.4 Å². The summed E-state index contributed by atoms with van der Waals surface area (Å²) >= 11 is 0. The van der Waals surface area contributed by atoms with Gasteiger partial charge in [0.25, 0.3) is 5.91 Å². The molecule has 1 atom stereocenters. The number of rotatable bonds is 3. The second kappa shape index (κ2) is 5.71. The number of nitrogens with zero attached hydrogens (tertiary/aromatic N) is 1. The van der Waals surface area contributed by atoms with E-state index in [1.54, 1.807) is 17.9 Å². The van der Waals surface area contributed by atoms with Crippen LogP contribution in [0.15, 0.2) is 23.0 Å². The van der Waals surface area contributed by atoms with Gasteiger partial charge in [-0.15, -0.1) is 0 Å². The molecular formula is C13H17NO4. The maximum absolute atomic E-state index is 12.2. The Labute approximate surface area is 106 Å². The van der Waals surface area contributed by atoms with Crippen molar-refractivity contribution in [3.8, 4) is 0 Å². The third kappa shape index (κ3) is 2.55. The molecule has 1 saturated heterocycles. The molecule has 0 radical (unpaired) electrons. The molecule has 0 spiro atoms. The molecule has 0 N–H and O–H groups in total. The minimum Gasteiger partial charge on any atom is -0.472 e. The Balaban J connectivity index is 2.12. The Morgan fingerprint density at radius 2 is 2.33 bits per heavy atom. The second-order valence-electron chi connectivity index (χ2n) is 4.27. The highest BCUT2D eigenvalue weighted by molar-refractivity contribution is 5.96. The van der Waals surface area contributed by atoms with E-state index < -0.39 is 6.04 Å². The molecule has 5 nitrogen and oxygen atoms in total. The van der Waals surface area contributed by atoms with Crippen LogP contribution in [0.2, 0.25) is 0 Å². The number of likely N-dealkylation sites (tertiary alicyclic amines) is 1. The Kier molecular flexibility index (Phi) is 4.02. The van der Waals surface area contributed by atoms with Gasteiger partial charge >= 0.3 is 5.97 Å². The fourth-order valence-electron chi connectivity index (χ4n) is 2.21. The quantitative estimate of drug-likeness (QED) is 0.769. The zero-order chi connectivity index (χ0) is 13.0. The molecule has 0 aliphatic carbocycles. The van der Waals surface area contributed by atoms with Gasteiger partial charge < -0.3 is 14.1 Å². The first-order valence-electron chi connectivity index (χ1n) is 6.24. The van der Waals surface area contributed by atoms with Crippen LogP contribution < -0.4 is 0 Å². The predicted octanol–water partition coefficient (Wildman–Crippen LogP) is 1.84. The van der Waals surface area contributed by atoms with Crippen molar-refractivity contribution < 1.29 is 18.7 Å². The van der Waals surface area contributed by atoms with Gasteiger partial charge in [0.1, 0.15) is 12.3 Å². The molecular weight excluding hydrogens is 234 g/mol. The molecule has 1 aliphatic heterocycles. The van der Waals surface area contributed by atoms with Crippen LogP contribution in [0.1, 0.15) is 36.5 Å². The SMILES string of the molecule is CCOC(=O)C1CCCCN1C(=O)c1ccoc1. The van der Waals surface area contributed by atoms with Crippen LogP contribution in [0.4, 0.5) is 0 Å². The highest BCUT2D eigenvalue weighted by Crippen LogP contribution is 2.21. The normalized spacial score (nSPS) is 19.6. The molecule has 2 heterocycles. The van der Waals surface area contributed by atoms with Gasteiger partial charge in [0.2, 0.25) is 0 Å². The van der Waals surface area contributed by atoms with E-state index in [2.05, 4.69) is 0 Å². The van der Waals surface area contributed by atoms with Crippen molar-refractivity contribution in [2.45, 2.75) is 32.2 Å². The lowest BCUT2D eigenvalue weighted by Gasteiger charge is -2.33. The lowest BCUT2D eigenvalue weighted by molar-refractivity contribution is -0.149. The molecule has 1 aromatic rings. The number of piperidine rings is 1. The van der Waals surface area contributed by atoms with E-state index in [1.807, 2.05) is 0 Å². The van der Waals surface area contributed by atoms with Crippen LogP contribution in [0.3, 0.4) is 0 Å². The number of carbonyl (C=O) groups is 2. The largest absolute Gasteiger partial charge is 0.472 e. The van der Waals surface area contributed by atoms with Crippen molar-refractivity contribution in [2.75, 3.05) is 13.2 Å². The van der Waals surface area contributed by atoms with Crippen LogP contribution in [0, 0.1) is 0 Å². The fourth-order valence-corrected chi connectivity index (χ4v) is 2.21. The van der Waals surface area contributed by atoms with E-state index in [9.17, 15) is 9.59 Å². The summed E-state index contributed by atoms with van der Waals surface area (Å²) in [5.74, 6) is -0.476. The molecule has 1 amide bonds. The number of hydrogen-bond donors (Lipinski definition) is 0. The average Bonchev–Trinajstić information content (AvgIpc) is 2.92. The maximum Gasteiger partial charge on any atom is 0.328 e. The number of ether oxygens (including phenoxy) is 1. The summed E-state index contributed by atoms with van der Waals surface area (Å²) in [7, 11) is 0. The van der Waals surface area contributed by atoms with Crippen LogP contribution >= 0.6 is 0 Å². The Morgan fingerprint density at radius 1 is 1.50 bits per heavy atom. The smallest absolute Gasteiger partial charge is 0.328 e. The number of amides is 1. The van der Waals surface area contributed by atoms with Crippen molar-refractivity contribution in [2.24, 2.45) is 0 Å². The Morgan fingerprint density at radius 3 is 3.00 bits per heavy atom. The second-order valence-corrected chi connectivity index (χ2v) is 4.27. The fraction of sp³-hybridized carbons (Fsp3) is 0.538. The van der Waals surface area contributed by atoms with Gasteiger partial charge in [-0.2, -0.15) is 0 Å². The van der Waals surface area contributed by atoms with Crippen molar-refractivity contribution in [3.05, 3.63) is 24.2 Å². The number of carbonyl (C=O) groups excluding carboxylic acids is 2. The molecule has 2 rings (SSSR count). The molecule has 18 heavy (non-hydrogen) atoms. The first-order chi connectivity index (χ1) is 8.74. The summed E-state index contributed by atoms with van der Waals surface area (Å²) in [6.07, 6.45) is 5.39. The lowest BCUT2D eigenvalue weighted by atomic mass is 10.0. The van der Waals surface area contributed by atoms with Crippen molar-refractivity contribution in [3.63, 3.8) is 0 Å². The van der Waals surface area contributed by atoms with Gasteiger partial charge in [0.15, 0.2) is 0 Å². The van der Waals surface area contributed by atoms with Crippen molar-refractivity contribution >= 4 is 11.9 Å².